The summed E-state index contributed by atoms with van der Waals surface area (Å²) in [6, 6.07) is 12.5. The molecule has 0 radical (unpaired) electrons. The summed E-state index contributed by atoms with van der Waals surface area (Å²) in [5.74, 6) is 1.89. The number of hydrogen-bond donors (Lipinski definition) is 0. The van der Waals surface area contributed by atoms with Gasteiger partial charge < -0.3 is 14.2 Å². The average Bonchev–Trinajstić information content (AvgIpc) is 2.64. The smallest absolute Gasteiger partial charge is 0.185 e. The quantitative estimate of drug-likeness (QED) is 0.415. The van der Waals surface area contributed by atoms with E-state index in [9.17, 15) is 4.79 Å². The third kappa shape index (κ3) is 4.49. The summed E-state index contributed by atoms with van der Waals surface area (Å²) >= 11 is 0. The molecule has 0 aliphatic carbocycles. The van der Waals surface area contributed by atoms with E-state index in [-0.39, 0.29) is 5.78 Å². The van der Waals surface area contributed by atoms with Crippen LogP contribution in [0, 0.1) is 0 Å². The Hall–Kier alpha value is -3.01. The fourth-order valence-electron chi connectivity index (χ4n) is 2.10. The molecule has 0 saturated carbocycles. The first-order valence-electron chi connectivity index (χ1n) is 7.46. The second kappa shape index (κ2) is 8.58. The lowest BCUT2D eigenvalue weighted by Gasteiger charge is -2.07. The molecule has 0 atom stereocenters. The highest BCUT2D eigenvalue weighted by Gasteiger charge is 2.05. The lowest BCUT2D eigenvalue weighted by atomic mass is 10.1. The summed E-state index contributed by atoms with van der Waals surface area (Å²) in [5.41, 5.74) is 1.45. The van der Waals surface area contributed by atoms with E-state index < -0.39 is 0 Å². The Morgan fingerprint density at radius 2 is 1.75 bits per heavy atom. The molecule has 24 heavy (non-hydrogen) atoms. The minimum Gasteiger partial charge on any atom is -0.493 e. The third-order valence-corrected chi connectivity index (χ3v) is 3.34. The first-order valence-corrected chi connectivity index (χ1v) is 7.46. The second-order valence-electron chi connectivity index (χ2n) is 4.94. The molecule has 2 rings (SSSR count). The predicted molar refractivity (Wildman–Crippen MR) is 95.0 cm³/mol. The third-order valence-electron chi connectivity index (χ3n) is 3.34. The Labute approximate surface area is 142 Å². The van der Waals surface area contributed by atoms with Gasteiger partial charge in [0, 0.05) is 5.56 Å². The number of allylic oxidation sites excluding steroid dienone is 1. The number of methoxy groups -OCH3 is 2. The van der Waals surface area contributed by atoms with Crippen LogP contribution >= 0.6 is 0 Å². The fraction of sp³-hybridized carbons (Fsp3) is 0.150. The van der Waals surface area contributed by atoms with Crippen LogP contribution < -0.4 is 14.2 Å². The molecule has 4 nitrogen and oxygen atoms in total. The molecular formula is C20H20O4. The molecule has 0 aromatic heterocycles. The van der Waals surface area contributed by atoms with E-state index in [1.54, 1.807) is 56.7 Å². The van der Waals surface area contributed by atoms with Crippen molar-refractivity contribution in [3.63, 3.8) is 0 Å². The molecule has 0 bridgehead atoms. The normalized spacial score (nSPS) is 10.4. The van der Waals surface area contributed by atoms with Gasteiger partial charge in [0.05, 0.1) is 14.2 Å². The van der Waals surface area contributed by atoms with E-state index in [1.807, 2.05) is 12.1 Å². The van der Waals surface area contributed by atoms with E-state index >= 15 is 0 Å². The van der Waals surface area contributed by atoms with E-state index in [0.717, 1.165) is 5.56 Å². The highest BCUT2D eigenvalue weighted by atomic mass is 16.5. The number of carbonyl (C=O) groups excluding carboxylic acids is 1. The molecular weight excluding hydrogens is 304 g/mol. The molecule has 0 aliphatic heterocycles. The van der Waals surface area contributed by atoms with Gasteiger partial charge in [-0.15, -0.1) is 0 Å². The van der Waals surface area contributed by atoms with Crippen LogP contribution in [-0.4, -0.2) is 26.6 Å². The minimum atomic E-state index is -0.0833. The number of hydrogen-bond acceptors (Lipinski definition) is 4. The summed E-state index contributed by atoms with van der Waals surface area (Å²) in [6.45, 7) is 4.03. The Balaban J connectivity index is 2.08. The van der Waals surface area contributed by atoms with Gasteiger partial charge in [-0.25, -0.2) is 0 Å². The van der Waals surface area contributed by atoms with Gasteiger partial charge in [0.15, 0.2) is 17.3 Å². The maximum absolute atomic E-state index is 12.2. The van der Waals surface area contributed by atoms with Crippen molar-refractivity contribution in [1.82, 2.24) is 0 Å². The maximum Gasteiger partial charge on any atom is 0.185 e. The van der Waals surface area contributed by atoms with Crippen molar-refractivity contribution in [2.24, 2.45) is 0 Å². The van der Waals surface area contributed by atoms with Crippen molar-refractivity contribution in [3.8, 4) is 17.2 Å². The van der Waals surface area contributed by atoms with Crippen LogP contribution in [0.25, 0.3) is 6.08 Å². The molecule has 4 heteroatoms. The summed E-state index contributed by atoms with van der Waals surface area (Å²) in [6.07, 6.45) is 4.94. The molecule has 0 heterocycles. The number of ether oxygens (including phenoxy) is 3. The van der Waals surface area contributed by atoms with Gasteiger partial charge in [0.2, 0.25) is 0 Å². The van der Waals surface area contributed by atoms with Gasteiger partial charge in [-0.05, 0) is 48.0 Å². The first-order chi connectivity index (χ1) is 11.7. The summed E-state index contributed by atoms with van der Waals surface area (Å²) < 4.78 is 15.8. The maximum atomic E-state index is 12.2. The lowest BCUT2D eigenvalue weighted by Crippen LogP contribution is -1.96. The molecule has 0 aliphatic rings. The zero-order valence-corrected chi connectivity index (χ0v) is 13.8. The summed E-state index contributed by atoms with van der Waals surface area (Å²) in [5, 5.41) is 0. The van der Waals surface area contributed by atoms with Crippen LogP contribution in [0.2, 0.25) is 0 Å². The zero-order valence-electron chi connectivity index (χ0n) is 13.8. The van der Waals surface area contributed by atoms with E-state index in [1.165, 1.54) is 6.08 Å². The molecule has 2 aromatic carbocycles. The van der Waals surface area contributed by atoms with Crippen LogP contribution in [-0.2, 0) is 0 Å². The Kier molecular flexibility index (Phi) is 6.20. The molecule has 0 spiro atoms. The van der Waals surface area contributed by atoms with Crippen LogP contribution in [0.3, 0.4) is 0 Å². The number of benzene rings is 2. The topological polar surface area (TPSA) is 44.8 Å². The van der Waals surface area contributed by atoms with Crippen molar-refractivity contribution >= 4 is 11.9 Å². The molecule has 0 unspecified atom stereocenters. The molecule has 0 amide bonds. The van der Waals surface area contributed by atoms with E-state index in [4.69, 9.17) is 14.2 Å². The molecule has 0 saturated heterocycles. The largest absolute Gasteiger partial charge is 0.493 e. The Bertz CT molecular complexity index is 730. The molecule has 0 N–H and O–H groups in total. The SMILES string of the molecule is C=CCOc1ccc(C(=O)C=Cc2ccc(OC)c(OC)c2)cc1. The van der Waals surface area contributed by atoms with Gasteiger partial charge in [0.1, 0.15) is 12.4 Å². The number of carbonyl (C=O) groups is 1. The highest BCUT2D eigenvalue weighted by Crippen LogP contribution is 2.28. The van der Waals surface area contributed by atoms with E-state index in [0.29, 0.717) is 29.4 Å². The first kappa shape index (κ1) is 17.3. The van der Waals surface area contributed by atoms with Gasteiger partial charge in [-0.2, -0.15) is 0 Å². The van der Waals surface area contributed by atoms with Crippen molar-refractivity contribution in [2.75, 3.05) is 20.8 Å². The van der Waals surface area contributed by atoms with Gasteiger partial charge >= 0.3 is 0 Å². The minimum absolute atomic E-state index is 0.0833. The van der Waals surface area contributed by atoms with Crippen LogP contribution in [0.1, 0.15) is 15.9 Å². The lowest BCUT2D eigenvalue weighted by molar-refractivity contribution is 0.104. The van der Waals surface area contributed by atoms with Crippen molar-refractivity contribution in [2.45, 2.75) is 0 Å². The van der Waals surface area contributed by atoms with Crippen molar-refractivity contribution in [1.29, 1.82) is 0 Å². The standard InChI is InChI=1S/C20H20O4/c1-4-13-24-17-9-7-16(8-10-17)18(21)11-5-15-6-12-19(22-2)20(14-15)23-3/h4-12,14H,1,13H2,2-3H3. The Morgan fingerprint density at radius 3 is 2.38 bits per heavy atom. The average molecular weight is 324 g/mol. The van der Waals surface area contributed by atoms with Crippen molar-refractivity contribution < 1.29 is 19.0 Å². The van der Waals surface area contributed by atoms with Gasteiger partial charge in [-0.1, -0.05) is 24.8 Å². The molecule has 124 valence electrons. The zero-order chi connectivity index (χ0) is 17.4. The van der Waals surface area contributed by atoms with E-state index in [2.05, 4.69) is 6.58 Å². The second-order valence-corrected chi connectivity index (χ2v) is 4.94. The van der Waals surface area contributed by atoms with Gasteiger partial charge in [-0.3, -0.25) is 4.79 Å². The van der Waals surface area contributed by atoms with Crippen LogP contribution in [0.4, 0.5) is 0 Å². The Morgan fingerprint density at radius 1 is 1.04 bits per heavy atom. The molecule has 2 aromatic rings. The van der Waals surface area contributed by atoms with Crippen LogP contribution in [0.5, 0.6) is 17.2 Å². The number of ketones is 1. The fourth-order valence-corrected chi connectivity index (χ4v) is 2.10. The molecule has 0 fully saturated rings. The van der Waals surface area contributed by atoms with Crippen LogP contribution in [0.15, 0.2) is 61.2 Å². The monoisotopic (exact) mass is 324 g/mol. The highest BCUT2D eigenvalue weighted by molar-refractivity contribution is 6.06. The predicted octanol–water partition coefficient (Wildman–Crippen LogP) is 4.16. The summed E-state index contributed by atoms with van der Waals surface area (Å²) in [7, 11) is 3.16. The van der Waals surface area contributed by atoms with Crippen molar-refractivity contribution in [3.05, 3.63) is 72.3 Å². The summed E-state index contributed by atoms with van der Waals surface area (Å²) in [4.78, 5) is 12.2. The number of rotatable bonds is 8. The van der Waals surface area contributed by atoms with Gasteiger partial charge in [0.25, 0.3) is 0 Å².